The van der Waals surface area contributed by atoms with E-state index in [2.05, 4.69) is 29.7 Å². The second kappa shape index (κ2) is 3.73. The molecule has 2 N–H and O–H groups in total. The van der Waals surface area contributed by atoms with Crippen LogP contribution in [0.1, 0.15) is 31.2 Å². The van der Waals surface area contributed by atoms with Gasteiger partial charge in [-0.15, -0.1) is 0 Å². The van der Waals surface area contributed by atoms with E-state index in [-0.39, 0.29) is 0 Å². The Morgan fingerprint density at radius 2 is 2.36 bits per heavy atom. The SMILES string of the molecule is CCn1nc(C)cc1CC1CCC1N. The molecule has 0 bridgehead atoms. The number of rotatable bonds is 3. The lowest BCUT2D eigenvalue weighted by molar-refractivity contribution is 0.251. The van der Waals surface area contributed by atoms with Gasteiger partial charge in [-0.3, -0.25) is 4.68 Å². The predicted molar refractivity (Wildman–Crippen MR) is 57.0 cm³/mol. The molecule has 1 aliphatic carbocycles. The van der Waals surface area contributed by atoms with E-state index >= 15 is 0 Å². The fourth-order valence-electron chi connectivity index (χ4n) is 2.15. The van der Waals surface area contributed by atoms with Gasteiger partial charge in [0.05, 0.1) is 5.69 Å². The first-order valence-corrected chi connectivity index (χ1v) is 5.49. The van der Waals surface area contributed by atoms with Crippen LogP contribution in [-0.4, -0.2) is 15.8 Å². The largest absolute Gasteiger partial charge is 0.327 e. The summed E-state index contributed by atoms with van der Waals surface area (Å²) in [5, 5.41) is 4.44. The van der Waals surface area contributed by atoms with Crippen LogP contribution in [0.25, 0.3) is 0 Å². The van der Waals surface area contributed by atoms with E-state index in [0.29, 0.717) is 12.0 Å². The maximum Gasteiger partial charge on any atom is 0.0596 e. The summed E-state index contributed by atoms with van der Waals surface area (Å²) in [4.78, 5) is 0. The third-order valence-corrected chi connectivity index (χ3v) is 3.23. The molecule has 0 amide bonds. The summed E-state index contributed by atoms with van der Waals surface area (Å²) in [6.45, 7) is 5.15. The van der Waals surface area contributed by atoms with Gasteiger partial charge in [-0.2, -0.15) is 5.10 Å². The Kier molecular flexibility index (Phi) is 2.59. The number of aryl methyl sites for hydroxylation is 2. The molecule has 1 fully saturated rings. The molecular formula is C11H19N3. The van der Waals surface area contributed by atoms with Crippen molar-refractivity contribution in [2.45, 2.75) is 45.7 Å². The lowest BCUT2D eigenvalue weighted by Gasteiger charge is -2.33. The molecule has 1 aromatic rings. The van der Waals surface area contributed by atoms with Crippen molar-refractivity contribution in [3.05, 3.63) is 17.5 Å². The molecule has 0 radical (unpaired) electrons. The Morgan fingerprint density at radius 1 is 1.57 bits per heavy atom. The van der Waals surface area contributed by atoms with Crippen LogP contribution < -0.4 is 5.73 Å². The Morgan fingerprint density at radius 3 is 2.86 bits per heavy atom. The van der Waals surface area contributed by atoms with Gasteiger partial charge >= 0.3 is 0 Å². The highest BCUT2D eigenvalue weighted by Gasteiger charge is 2.28. The van der Waals surface area contributed by atoms with Crippen molar-refractivity contribution in [2.24, 2.45) is 11.7 Å². The molecule has 1 aliphatic rings. The lowest BCUT2D eigenvalue weighted by atomic mass is 9.77. The molecule has 0 aliphatic heterocycles. The number of nitrogens with two attached hydrogens (primary N) is 1. The summed E-state index contributed by atoms with van der Waals surface area (Å²) in [5.41, 5.74) is 8.41. The molecule has 0 saturated heterocycles. The standard InChI is InChI=1S/C11H19N3/c1-3-14-10(6-8(2)13-14)7-9-4-5-11(9)12/h6,9,11H,3-5,7,12H2,1-2H3. The van der Waals surface area contributed by atoms with Gasteiger partial charge in [0.1, 0.15) is 0 Å². The number of hydrogen-bond acceptors (Lipinski definition) is 2. The van der Waals surface area contributed by atoms with Gasteiger partial charge in [-0.05, 0) is 45.1 Å². The van der Waals surface area contributed by atoms with E-state index in [1.807, 2.05) is 0 Å². The molecule has 2 rings (SSSR count). The van der Waals surface area contributed by atoms with Crippen molar-refractivity contribution < 1.29 is 0 Å². The first-order chi connectivity index (χ1) is 6.70. The number of nitrogens with zero attached hydrogens (tertiary/aromatic N) is 2. The Balaban J connectivity index is 2.07. The molecule has 1 aromatic heterocycles. The molecule has 3 heteroatoms. The van der Waals surface area contributed by atoms with Crippen LogP contribution in [0, 0.1) is 12.8 Å². The van der Waals surface area contributed by atoms with Gasteiger partial charge in [-0.1, -0.05) is 0 Å². The van der Waals surface area contributed by atoms with Gasteiger partial charge in [-0.25, -0.2) is 0 Å². The molecule has 2 atom stereocenters. The van der Waals surface area contributed by atoms with E-state index in [0.717, 1.165) is 18.7 Å². The third-order valence-electron chi connectivity index (χ3n) is 3.23. The molecule has 3 nitrogen and oxygen atoms in total. The van der Waals surface area contributed by atoms with Crippen LogP contribution in [0.5, 0.6) is 0 Å². The summed E-state index contributed by atoms with van der Waals surface area (Å²) in [7, 11) is 0. The van der Waals surface area contributed by atoms with Gasteiger partial charge < -0.3 is 5.73 Å². The van der Waals surface area contributed by atoms with Crippen LogP contribution in [0.15, 0.2) is 6.07 Å². The zero-order chi connectivity index (χ0) is 10.1. The number of aromatic nitrogens is 2. The van der Waals surface area contributed by atoms with E-state index < -0.39 is 0 Å². The molecule has 78 valence electrons. The van der Waals surface area contributed by atoms with E-state index in [1.54, 1.807) is 0 Å². The van der Waals surface area contributed by atoms with Crippen LogP contribution >= 0.6 is 0 Å². The average molecular weight is 193 g/mol. The quantitative estimate of drug-likeness (QED) is 0.790. The Bertz CT molecular complexity index is 316. The van der Waals surface area contributed by atoms with Crippen LogP contribution in [0.3, 0.4) is 0 Å². The topological polar surface area (TPSA) is 43.8 Å². The Hall–Kier alpha value is -0.830. The van der Waals surface area contributed by atoms with Gasteiger partial charge in [0.2, 0.25) is 0 Å². The highest BCUT2D eigenvalue weighted by Crippen LogP contribution is 2.29. The monoisotopic (exact) mass is 193 g/mol. The van der Waals surface area contributed by atoms with E-state index in [4.69, 9.17) is 5.73 Å². The highest BCUT2D eigenvalue weighted by molar-refractivity contribution is 5.11. The summed E-state index contributed by atoms with van der Waals surface area (Å²) < 4.78 is 2.10. The summed E-state index contributed by atoms with van der Waals surface area (Å²) in [6, 6.07) is 2.62. The molecule has 0 aromatic carbocycles. The van der Waals surface area contributed by atoms with Gasteiger partial charge in [0.25, 0.3) is 0 Å². The van der Waals surface area contributed by atoms with Gasteiger partial charge in [0, 0.05) is 18.3 Å². The van der Waals surface area contributed by atoms with Crippen molar-refractivity contribution in [3.63, 3.8) is 0 Å². The van der Waals surface area contributed by atoms with Crippen molar-refractivity contribution in [1.29, 1.82) is 0 Å². The van der Waals surface area contributed by atoms with Crippen LogP contribution in [0.2, 0.25) is 0 Å². The third kappa shape index (κ3) is 1.69. The molecule has 14 heavy (non-hydrogen) atoms. The predicted octanol–water partition coefficient (Wildman–Crippen LogP) is 1.49. The molecule has 1 saturated carbocycles. The van der Waals surface area contributed by atoms with Crippen molar-refractivity contribution in [2.75, 3.05) is 0 Å². The van der Waals surface area contributed by atoms with Crippen molar-refractivity contribution in [1.82, 2.24) is 9.78 Å². The lowest BCUT2D eigenvalue weighted by Crippen LogP contribution is -2.40. The maximum atomic E-state index is 5.94. The minimum atomic E-state index is 0.426. The average Bonchev–Trinajstić information content (AvgIpc) is 2.53. The zero-order valence-corrected chi connectivity index (χ0v) is 9.03. The van der Waals surface area contributed by atoms with Crippen LogP contribution in [0.4, 0.5) is 0 Å². The smallest absolute Gasteiger partial charge is 0.0596 e. The minimum absolute atomic E-state index is 0.426. The molecule has 0 spiro atoms. The Labute approximate surface area is 85.3 Å². The zero-order valence-electron chi connectivity index (χ0n) is 9.03. The van der Waals surface area contributed by atoms with E-state index in [9.17, 15) is 0 Å². The minimum Gasteiger partial charge on any atom is -0.327 e. The fourth-order valence-corrected chi connectivity index (χ4v) is 2.15. The second-order valence-corrected chi connectivity index (χ2v) is 4.30. The first kappa shape index (κ1) is 9.71. The highest BCUT2D eigenvalue weighted by atomic mass is 15.3. The summed E-state index contributed by atoms with van der Waals surface area (Å²) in [6.07, 6.45) is 3.59. The summed E-state index contributed by atoms with van der Waals surface area (Å²) in [5.74, 6) is 0.691. The maximum absolute atomic E-state index is 5.94. The summed E-state index contributed by atoms with van der Waals surface area (Å²) >= 11 is 0. The van der Waals surface area contributed by atoms with Crippen molar-refractivity contribution >= 4 is 0 Å². The first-order valence-electron chi connectivity index (χ1n) is 5.49. The fraction of sp³-hybridized carbons (Fsp3) is 0.727. The second-order valence-electron chi connectivity index (χ2n) is 4.30. The number of hydrogen-bond donors (Lipinski definition) is 1. The van der Waals surface area contributed by atoms with Gasteiger partial charge in [0.15, 0.2) is 0 Å². The van der Waals surface area contributed by atoms with Crippen LogP contribution in [-0.2, 0) is 13.0 Å². The van der Waals surface area contributed by atoms with E-state index in [1.165, 1.54) is 18.5 Å². The molecule has 2 unspecified atom stereocenters. The van der Waals surface area contributed by atoms with Crippen molar-refractivity contribution in [3.8, 4) is 0 Å². The molecule has 1 heterocycles. The molecular weight excluding hydrogens is 174 g/mol. The normalized spacial score (nSPS) is 26.2.